The van der Waals surface area contributed by atoms with Crippen molar-refractivity contribution >= 4 is 28.4 Å². The van der Waals surface area contributed by atoms with Crippen molar-refractivity contribution in [2.24, 2.45) is 4.99 Å². The summed E-state index contributed by atoms with van der Waals surface area (Å²) in [6, 6.07) is 0. The summed E-state index contributed by atoms with van der Waals surface area (Å²) < 4.78 is 0. The zero-order valence-corrected chi connectivity index (χ0v) is 14.2. The van der Waals surface area contributed by atoms with Crippen LogP contribution in [-0.2, 0) is 0 Å². The van der Waals surface area contributed by atoms with Crippen molar-refractivity contribution in [2.45, 2.75) is 60.3 Å². The topological polar surface area (TPSA) is 12.4 Å². The van der Waals surface area contributed by atoms with E-state index in [0.29, 0.717) is 10.3 Å². The highest BCUT2D eigenvalue weighted by molar-refractivity contribution is 6.70. The minimum absolute atomic E-state index is 0.467. The van der Waals surface area contributed by atoms with E-state index in [4.69, 9.17) is 23.2 Å². The molecule has 0 amide bonds. The molecule has 3 heteroatoms. The summed E-state index contributed by atoms with van der Waals surface area (Å²) in [6.45, 7) is 10.4. The molecule has 0 atom stereocenters. The van der Waals surface area contributed by atoms with Gasteiger partial charge >= 0.3 is 0 Å². The molecule has 0 unspecified atom stereocenters. The van der Waals surface area contributed by atoms with Crippen LogP contribution in [0.5, 0.6) is 0 Å². The Hall–Kier alpha value is -0.530. The van der Waals surface area contributed by atoms with Crippen LogP contribution in [0, 0.1) is 0 Å². The first-order valence-corrected chi connectivity index (χ1v) is 7.64. The Morgan fingerprint density at radius 2 is 1.47 bits per heavy atom. The van der Waals surface area contributed by atoms with Crippen LogP contribution in [0.3, 0.4) is 0 Å². The van der Waals surface area contributed by atoms with E-state index in [1.807, 2.05) is 19.9 Å². The van der Waals surface area contributed by atoms with Gasteiger partial charge in [0.25, 0.3) is 0 Å². The minimum Gasteiger partial charge on any atom is -0.224 e. The maximum atomic E-state index is 6.32. The molecule has 0 fully saturated rings. The number of unbranched alkanes of at least 4 members (excludes halogenated alkanes) is 2. The molecule has 19 heavy (non-hydrogen) atoms. The molecule has 0 saturated heterocycles. The summed E-state index contributed by atoms with van der Waals surface area (Å²) in [5.74, 6) is 0. The molecule has 0 aliphatic heterocycles. The molecule has 0 N–H and O–H groups in total. The lowest BCUT2D eigenvalue weighted by Gasteiger charge is -2.09. The van der Waals surface area contributed by atoms with Crippen LogP contribution >= 0.6 is 23.2 Å². The van der Waals surface area contributed by atoms with E-state index in [-0.39, 0.29) is 0 Å². The first-order chi connectivity index (χ1) is 8.93. The molecule has 1 nitrogen and oxygen atoms in total. The normalized spacial score (nSPS) is 13.7. The fraction of sp³-hybridized carbons (Fsp3) is 0.562. The molecular weight excluding hydrogens is 277 g/mol. The zero-order chi connectivity index (χ0) is 14.8. The molecular formula is C16H25Cl2N. The van der Waals surface area contributed by atoms with E-state index in [1.165, 1.54) is 0 Å². The molecule has 0 rings (SSSR count). The first kappa shape index (κ1) is 18.5. The highest BCUT2D eigenvalue weighted by Crippen LogP contribution is 2.21. The molecule has 0 saturated carbocycles. The fourth-order valence-electron chi connectivity index (χ4n) is 1.68. The van der Waals surface area contributed by atoms with Gasteiger partial charge in [0.15, 0.2) is 0 Å². The monoisotopic (exact) mass is 301 g/mol. The lowest BCUT2D eigenvalue weighted by molar-refractivity contribution is 0.950. The predicted molar refractivity (Wildman–Crippen MR) is 89.2 cm³/mol. The smallest absolute Gasteiger partial charge is 0.138 e. The number of nitrogens with zero attached hydrogens (tertiary/aromatic N) is 1. The van der Waals surface area contributed by atoms with Crippen LogP contribution in [0.2, 0.25) is 0 Å². The van der Waals surface area contributed by atoms with Crippen molar-refractivity contribution in [3.05, 3.63) is 34.0 Å². The van der Waals surface area contributed by atoms with Crippen LogP contribution in [0.15, 0.2) is 39.0 Å². The van der Waals surface area contributed by atoms with E-state index < -0.39 is 0 Å². The van der Waals surface area contributed by atoms with Crippen LogP contribution in [-0.4, -0.2) is 5.17 Å². The molecule has 0 aliphatic rings. The van der Waals surface area contributed by atoms with Gasteiger partial charge in [-0.1, -0.05) is 61.5 Å². The van der Waals surface area contributed by atoms with Gasteiger partial charge in [0.05, 0.1) is 0 Å². The molecule has 0 aromatic rings. The zero-order valence-electron chi connectivity index (χ0n) is 12.7. The molecule has 108 valence electrons. The van der Waals surface area contributed by atoms with Crippen molar-refractivity contribution in [3.63, 3.8) is 0 Å². The lowest BCUT2D eigenvalue weighted by atomic mass is 10.0. The number of aliphatic imine (C=N–C) groups is 1. The molecule has 0 spiro atoms. The Bertz CT molecular complexity index is 397. The number of hydrogen-bond donors (Lipinski definition) is 0. The van der Waals surface area contributed by atoms with Gasteiger partial charge in [-0.25, -0.2) is 4.99 Å². The SMILES string of the molecule is CCC/C=C(Cl)/N=C(/Cl)C(=C(C)C)/C(C)=C\CCC. The summed E-state index contributed by atoms with van der Waals surface area (Å²) in [7, 11) is 0. The molecule has 0 bridgehead atoms. The van der Waals surface area contributed by atoms with E-state index in [9.17, 15) is 0 Å². The van der Waals surface area contributed by atoms with Crippen LogP contribution < -0.4 is 0 Å². The maximum Gasteiger partial charge on any atom is 0.138 e. The fourth-order valence-corrected chi connectivity index (χ4v) is 2.35. The van der Waals surface area contributed by atoms with Gasteiger partial charge in [0.1, 0.15) is 10.3 Å². The van der Waals surface area contributed by atoms with Crippen LogP contribution in [0.4, 0.5) is 0 Å². The van der Waals surface area contributed by atoms with Crippen molar-refractivity contribution in [1.29, 1.82) is 0 Å². The molecule has 0 heterocycles. The third kappa shape index (κ3) is 7.59. The van der Waals surface area contributed by atoms with Crippen molar-refractivity contribution in [1.82, 2.24) is 0 Å². The second-order valence-electron chi connectivity index (χ2n) is 4.77. The summed E-state index contributed by atoms with van der Waals surface area (Å²) >= 11 is 12.4. The van der Waals surface area contributed by atoms with Gasteiger partial charge in [-0.3, -0.25) is 0 Å². The van der Waals surface area contributed by atoms with Crippen molar-refractivity contribution in [3.8, 4) is 0 Å². The highest BCUT2D eigenvalue weighted by atomic mass is 35.5. The lowest BCUT2D eigenvalue weighted by Crippen LogP contribution is -1.99. The van der Waals surface area contributed by atoms with Crippen LogP contribution in [0.1, 0.15) is 60.3 Å². The van der Waals surface area contributed by atoms with Crippen molar-refractivity contribution in [2.75, 3.05) is 0 Å². The Morgan fingerprint density at radius 1 is 0.947 bits per heavy atom. The maximum absolute atomic E-state index is 6.32. The molecule has 0 radical (unpaired) electrons. The molecule has 0 aliphatic carbocycles. The third-order valence-corrected chi connectivity index (χ3v) is 3.16. The number of hydrogen-bond acceptors (Lipinski definition) is 1. The number of allylic oxidation sites excluding steroid dienone is 5. The molecule has 0 aromatic carbocycles. The van der Waals surface area contributed by atoms with Gasteiger partial charge in [0.2, 0.25) is 0 Å². The average Bonchev–Trinajstić information content (AvgIpc) is 2.33. The molecule has 0 aromatic heterocycles. The second-order valence-corrected chi connectivity index (χ2v) is 5.51. The minimum atomic E-state index is 0.467. The average molecular weight is 302 g/mol. The van der Waals surface area contributed by atoms with E-state index in [0.717, 1.165) is 42.4 Å². The summed E-state index contributed by atoms with van der Waals surface area (Å²) in [6.07, 6.45) is 8.24. The van der Waals surface area contributed by atoms with Gasteiger partial charge in [-0.15, -0.1) is 0 Å². The van der Waals surface area contributed by atoms with Crippen LogP contribution in [0.25, 0.3) is 0 Å². The summed E-state index contributed by atoms with van der Waals surface area (Å²) in [5, 5.41) is 0.941. The van der Waals surface area contributed by atoms with Gasteiger partial charge < -0.3 is 0 Å². The Balaban J connectivity index is 5.23. The first-order valence-electron chi connectivity index (χ1n) is 6.88. The van der Waals surface area contributed by atoms with E-state index in [2.05, 4.69) is 31.8 Å². The van der Waals surface area contributed by atoms with E-state index >= 15 is 0 Å². The van der Waals surface area contributed by atoms with Gasteiger partial charge in [-0.05, 0) is 45.3 Å². The standard InChI is InChI=1S/C16H25Cl2N/c1-6-8-10-13(5)15(12(3)4)16(18)19-14(17)11-9-7-2/h10-11H,6-9H2,1-5H3/b13-10-,14-11+,19-16+. The largest absolute Gasteiger partial charge is 0.224 e. The number of halogens is 2. The van der Waals surface area contributed by atoms with Gasteiger partial charge in [-0.2, -0.15) is 0 Å². The Labute approximate surface area is 128 Å². The quantitative estimate of drug-likeness (QED) is 0.286. The Kier molecular flexibility index (Phi) is 9.99. The third-order valence-electron chi connectivity index (χ3n) is 2.65. The summed E-state index contributed by atoms with van der Waals surface area (Å²) in [5.41, 5.74) is 3.31. The second kappa shape index (κ2) is 10.3. The van der Waals surface area contributed by atoms with Gasteiger partial charge in [0, 0.05) is 5.57 Å². The van der Waals surface area contributed by atoms with Crippen molar-refractivity contribution < 1.29 is 0 Å². The summed E-state index contributed by atoms with van der Waals surface area (Å²) in [4.78, 5) is 4.28. The predicted octanol–water partition coefficient (Wildman–Crippen LogP) is 6.59. The Morgan fingerprint density at radius 3 is 1.95 bits per heavy atom. The number of rotatable bonds is 7. The van der Waals surface area contributed by atoms with E-state index in [1.54, 1.807) is 0 Å². The highest BCUT2D eigenvalue weighted by Gasteiger charge is 2.09.